The summed E-state index contributed by atoms with van der Waals surface area (Å²) in [5.41, 5.74) is 0.700. The molecule has 3 aliphatic heterocycles. The molecule has 5 nitrogen and oxygen atoms in total. The van der Waals surface area contributed by atoms with Gasteiger partial charge in [0.1, 0.15) is 11.5 Å². The van der Waals surface area contributed by atoms with Crippen LogP contribution in [-0.4, -0.2) is 41.6 Å². The molecule has 5 rings (SSSR count). The van der Waals surface area contributed by atoms with E-state index < -0.39 is 0 Å². The van der Waals surface area contributed by atoms with Gasteiger partial charge in [-0.3, -0.25) is 10.1 Å². The van der Waals surface area contributed by atoms with Crippen molar-refractivity contribution in [2.45, 2.75) is 18.9 Å². The van der Waals surface area contributed by atoms with E-state index in [4.69, 9.17) is 39.8 Å². The van der Waals surface area contributed by atoms with Crippen molar-refractivity contribution in [1.29, 1.82) is 0 Å². The number of nitrogens with one attached hydrogen (secondary N) is 2. The van der Waals surface area contributed by atoms with Gasteiger partial charge in [0.25, 0.3) is 0 Å². The Balaban J connectivity index is 1.32. The SMILES string of the molecule is O=C(C=Cc1ccc(-c2cccc(Cl)c2Cl)o1)NC(=S)NC1CN2CCC1CC2. The lowest BCUT2D eigenvalue weighted by atomic mass is 9.84. The number of fused-ring (bicyclic) bond motifs is 3. The number of benzene rings is 1. The maximum absolute atomic E-state index is 12.2. The van der Waals surface area contributed by atoms with Crippen LogP contribution >= 0.6 is 35.4 Å². The number of carbonyl (C=O) groups excluding carboxylic acids is 1. The fourth-order valence-corrected chi connectivity index (χ4v) is 4.57. The molecule has 4 heterocycles. The van der Waals surface area contributed by atoms with Crippen molar-refractivity contribution >= 4 is 52.5 Å². The van der Waals surface area contributed by atoms with Crippen molar-refractivity contribution in [3.63, 3.8) is 0 Å². The predicted octanol–water partition coefficient (Wildman–Crippen LogP) is 4.35. The number of piperidine rings is 3. The van der Waals surface area contributed by atoms with Gasteiger partial charge in [-0.05, 0) is 74.4 Å². The molecular formula is C21H21Cl2N3O2S. The summed E-state index contributed by atoms with van der Waals surface area (Å²) in [7, 11) is 0. The number of halogens is 2. The highest BCUT2D eigenvalue weighted by Crippen LogP contribution is 2.34. The summed E-state index contributed by atoms with van der Waals surface area (Å²) >= 11 is 17.6. The fraction of sp³-hybridized carbons (Fsp3) is 0.333. The standard InChI is InChI=1S/C21H21Cl2N3O2S/c22-16-3-1-2-15(20(16)23)18-6-4-14(28-18)5-7-19(27)25-21(29)24-17-12-26-10-8-13(17)9-11-26/h1-7,13,17H,8-12H2,(H2,24,25,27,29). The third kappa shape index (κ3) is 4.83. The summed E-state index contributed by atoms with van der Waals surface area (Å²) in [5, 5.41) is 7.25. The van der Waals surface area contributed by atoms with Crippen LogP contribution in [0, 0.1) is 5.92 Å². The second-order valence-electron chi connectivity index (χ2n) is 7.34. The first kappa shape index (κ1) is 20.4. The van der Waals surface area contributed by atoms with E-state index >= 15 is 0 Å². The zero-order valence-corrected chi connectivity index (χ0v) is 18.0. The predicted molar refractivity (Wildman–Crippen MR) is 120 cm³/mol. The van der Waals surface area contributed by atoms with Crippen molar-refractivity contribution in [3.05, 3.63) is 52.2 Å². The zero-order valence-electron chi connectivity index (χ0n) is 15.7. The van der Waals surface area contributed by atoms with Crippen LogP contribution < -0.4 is 10.6 Å². The van der Waals surface area contributed by atoms with E-state index in [2.05, 4.69) is 15.5 Å². The Kier molecular flexibility index (Phi) is 6.25. The van der Waals surface area contributed by atoms with Crippen molar-refractivity contribution < 1.29 is 9.21 Å². The van der Waals surface area contributed by atoms with Crippen LogP contribution in [0.3, 0.4) is 0 Å². The first-order chi connectivity index (χ1) is 14.0. The largest absolute Gasteiger partial charge is 0.457 e. The van der Waals surface area contributed by atoms with Crippen LogP contribution in [-0.2, 0) is 4.79 Å². The van der Waals surface area contributed by atoms with Gasteiger partial charge in [-0.15, -0.1) is 0 Å². The number of thiocarbonyl (C=S) groups is 1. The van der Waals surface area contributed by atoms with Crippen LogP contribution in [0.15, 0.2) is 40.8 Å². The molecule has 3 fully saturated rings. The molecule has 1 amide bonds. The van der Waals surface area contributed by atoms with Crippen molar-refractivity contribution in [2.75, 3.05) is 19.6 Å². The van der Waals surface area contributed by atoms with E-state index in [1.54, 1.807) is 30.3 Å². The average molecular weight is 450 g/mol. The fourth-order valence-electron chi connectivity index (χ4n) is 3.93. The summed E-state index contributed by atoms with van der Waals surface area (Å²) in [6, 6.07) is 9.21. The number of rotatable bonds is 4. The van der Waals surface area contributed by atoms with Gasteiger partial charge in [0.2, 0.25) is 5.91 Å². The first-order valence-electron chi connectivity index (χ1n) is 9.56. The number of amides is 1. The Hall–Kier alpha value is -1.86. The van der Waals surface area contributed by atoms with Gasteiger partial charge < -0.3 is 14.6 Å². The molecule has 3 saturated heterocycles. The number of furan rings is 1. The molecule has 1 unspecified atom stereocenters. The van der Waals surface area contributed by atoms with E-state index in [0.717, 1.165) is 19.6 Å². The van der Waals surface area contributed by atoms with Gasteiger partial charge in [0.05, 0.1) is 10.0 Å². The highest BCUT2D eigenvalue weighted by Gasteiger charge is 2.34. The molecule has 0 aliphatic carbocycles. The number of carbonyl (C=O) groups is 1. The van der Waals surface area contributed by atoms with Gasteiger partial charge >= 0.3 is 0 Å². The highest BCUT2D eigenvalue weighted by atomic mass is 35.5. The summed E-state index contributed by atoms with van der Waals surface area (Å²) in [5.74, 6) is 1.44. The number of hydrogen-bond acceptors (Lipinski definition) is 4. The Morgan fingerprint density at radius 1 is 1.21 bits per heavy atom. The minimum Gasteiger partial charge on any atom is -0.457 e. The van der Waals surface area contributed by atoms with E-state index in [0.29, 0.717) is 44.2 Å². The minimum absolute atomic E-state index is 0.303. The van der Waals surface area contributed by atoms with E-state index in [1.165, 1.54) is 18.9 Å². The number of nitrogens with zero attached hydrogens (tertiary/aromatic N) is 1. The van der Waals surface area contributed by atoms with Crippen LogP contribution in [0.25, 0.3) is 17.4 Å². The maximum atomic E-state index is 12.2. The van der Waals surface area contributed by atoms with Gasteiger partial charge in [-0.2, -0.15) is 0 Å². The van der Waals surface area contributed by atoms with Crippen LogP contribution in [0.5, 0.6) is 0 Å². The Morgan fingerprint density at radius 2 is 2.00 bits per heavy atom. The first-order valence-corrected chi connectivity index (χ1v) is 10.7. The molecule has 29 heavy (non-hydrogen) atoms. The normalized spacial score (nSPS) is 23.3. The molecule has 0 saturated carbocycles. The van der Waals surface area contributed by atoms with Crippen molar-refractivity contribution in [3.8, 4) is 11.3 Å². The highest BCUT2D eigenvalue weighted by molar-refractivity contribution is 7.80. The lowest BCUT2D eigenvalue weighted by molar-refractivity contribution is -0.115. The molecule has 8 heteroatoms. The zero-order chi connectivity index (χ0) is 20.4. The number of hydrogen-bond donors (Lipinski definition) is 2. The summed E-state index contributed by atoms with van der Waals surface area (Å²) in [6.45, 7) is 3.31. The molecule has 152 valence electrons. The van der Waals surface area contributed by atoms with Crippen molar-refractivity contribution in [2.24, 2.45) is 5.92 Å². The summed E-state index contributed by atoms with van der Waals surface area (Å²) < 4.78 is 5.75. The molecule has 3 aliphatic rings. The lowest BCUT2D eigenvalue weighted by Gasteiger charge is -2.45. The van der Waals surface area contributed by atoms with E-state index in [1.807, 2.05) is 6.07 Å². The molecule has 2 aromatic rings. The van der Waals surface area contributed by atoms with Crippen LogP contribution in [0.1, 0.15) is 18.6 Å². The second kappa shape index (κ2) is 8.88. The summed E-state index contributed by atoms with van der Waals surface area (Å²) in [4.78, 5) is 14.6. The topological polar surface area (TPSA) is 57.5 Å². The Bertz CT molecular complexity index is 951. The lowest BCUT2D eigenvalue weighted by Crippen LogP contribution is -2.58. The van der Waals surface area contributed by atoms with Gasteiger partial charge in [-0.25, -0.2) is 0 Å². The Morgan fingerprint density at radius 3 is 2.72 bits per heavy atom. The molecule has 1 aromatic carbocycles. The van der Waals surface area contributed by atoms with Gasteiger partial charge in [0.15, 0.2) is 5.11 Å². The van der Waals surface area contributed by atoms with Gasteiger partial charge in [0, 0.05) is 24.2 Å². The molecule has 1 aromatic heterocycles. The van der Waals surface area contributed by atoms with Crippen molar-refractivity contribution in [1.82, 2.24) is 15.5 Å². The molecule has 1 atom stereocenters. The quantitative estimate of drug-likeness (QED) is 0.536. The molecular weight excluding hydrogens is 429 g/mol. The van der Waals surface area contributed by atoms with Crippen LogP contribution in [0.4, 0.5) is 0 Å². The molecule has 0 radical (unpaired) electrons. The van der Waals surface area contributed by atoms with Gasteiger partial charge in [-0.1, -0.05) is 29.3 Å². The smallest absolute Gasteiger partial charge is 0.250 e. The second-order valence-corrected chi connectivity index (χ2v) is 8.54. The Labute approximate surface area is 185 Å². The third-order valence-electron chi connectivity index (χ3n) is 5.45. The third-order valence-corrected chi connectivity index (χ3v) is 6.49. The van der Waals surface area contributed by atoms with E-state index in [-0.39, 0.29) is 5.91 Å². The summed E-state index contributed by atoms with van der Waals surface area (Å²) in [6.07, 6.45) is 5.36. The monoisotopic (exact) mass is 449 g/mol. The maximum Gasteiger partial charge on any atom is 0.250 e. The average Bonchev–Trinajstić information content (AvgIpc) is 3.18. The molecule has 2 N–H and O–H groups in total. The molecule has 2 bridgehead atoms. The van der Waals surface area contributed by atoms with E-state index in [9.17, 15) is 4.79 Å². The minimum atomic E-state index is -0.303. The molecule has 0 spiro atoms. The van der Waals surface area contributed by atoms with Crippen LogP contribution in [0.2, 0.25) is 10.0 Å².